The molecule has 0 saturated carbocycles. The molecule has 0 aromatic heterocycles. The lowest BCUT2D eigenvalue weighted by atomic mass is 10.2. The van der Waals surface area contributed by atoms with E-state index in [1.807, 2.05) is 0 Å². The normalized spacial score (nSPS) is 11.2. The standard InChI is InChI=1S/C26H25BrClN3O6S/c1-4-12-37-26-21(27)13-18(14-24(26)36-3)16-29-30-25(32)17-31(19-10-11-23(35-2)22(28)15-19)38(33,34)20-8-6-5-7-9-20/h4-11,13-16H,1,12,17H2,2-3H3,(H,30,32)/b29-16+. The molecule has 0 fully saturated rings. The van der Waals surface area contributed by atoms with Crippen molar-refractivity contribution in [1.29, 1.82) is 0 Å². The average Bonchev–Trinajstić information content (AvgIpc) is 2.91. The number of sulfonamides is 1. The van der Waals surface area contributed by atoms with Crippen molar-refractivity contribution in [3.63, 3.8) is 0 Å². The first kappa shape index (κ1) is 29.0. The van der Waals surface area contributed by atoms with Crippen molar-refractivity contribution in [2.24, 2.45) is 5.10 Å². The first-order valence-corrected chi connectivity index (χ1v) is 13.7. The Hall–Kier alpha value is -3.54. The van der Waals surface area contributed by atoms with Crippen molar-refractivity contribution >= 4 is 55.4 Å². The van der Waals surface area contributed by atoms with Crippen molar-refractivity contribution in [2.45, 2.75) is 4.90 Å². The van der Waals surface area contributed by atoms with Crippen LogP contribution in [0.25, 0.3) is 0 Å². The second-order valence-corrected chi connectivity index (χ2v) is 10.7. The Labute approximate surface area is 234 Å². The fourth-order valence-electron chi connectivity index (χ4n) is 3.29. The van der Waals surface area contributed by atoms with Crippen LogP contribution in [0, 0.1) is 0 Å². The molecule has 0 aliphatic rings. The van der Waals surface area contributed by atoms with Crippen LogP contribution in [0.1, 0.15) is 5.56 Å². The Morgan fingerprint density at radius 2 is 1.82 bits per heavy atom. The topological polar surface area (TPSA) is 107 Å². The Morgan fingerprint density at radius 3 is 2.45 bits per heavy atom. The fourth-order valence-corrected chi connectivity index (χ4v) is 5.55. The molecule has 12 heteroatoms. The van der Waals surface area contributed by atoms with Crippen molar-refractivity contribution in [1.82, 2.24) is 5.43 Å². The number of methoxy groups -OCH3 is 2. The molecular formula is C26H25BrClN3O6S. The molecular weight excluding hydrogens is 598 g/mol. The summed E-state index contributed by atoms with van der Waals surface area (Å²) in [5.41, 5.74) is 3.14. The highest BCUT2D eigenvalue weighted by Gasteiger charge is 2.27. The van der Waals surface area contributed by atoms with Crippen LogP contribution in [-0.2, 0) is 14.8 Å². The molecule has 0 atom stereocenters. The lowest BCUT2D eigenvalue weighted by molar-refractivity contribution is -0.119. The molecule has 3 rings (SSSR count). The Morgan fingerprint density at radius 1 is 1.11 bits per heavy atom. The van der Waals surface area contributed by atoms with E-state index in [0.717, 1.165) is 4.31 Å². The molecule has 9 nitrogen and oxygen atoms in total. The summed E-state index contributed by atoms with van der Waals surface area (Å²) >= 11 is 9.66. The first-order chi connectivity index (χ1) is 18.2. The summed E-state index contributed by atoms with van der Waals surface area (Å²) in [7, 11) is -1.17. The number of rotatable bonds is 12. The number of amides is 1. The third-order valence-corrected chi connectivity index (χ3v) is 7.71. The van der Waals surface area contributed by atoms with E-state index in [0.29, 0.717) is 33.9 Å². The van der Waals surface area contributed by atoms with Crippen LogP contribution in [0.15, 0.2) is 87.8 Å². The molecule has 0 aliphatic heterocycles. The molecule has 0 radical (unpaired) electrons. The third kappa shape index (κ3) is 7.06. The number of nitrogens with one attached hydrogen (secondary N) is 1. The minimum atomic E-state index is -4.11. The fraction of sp³-hybridized carbons (Fsp3) is 0.154. The van der Waals surface area contributed by atoms with Crippen LogP contribution in [0.5, 0.6) is 17.2 Å². The van der Waals surface area contributed by atoms with Gasteiger partial charge in [0.25, 0.3) is 15.9 Å². The molecule has 3 aromatic carbocycles. The van der Waals surface area contributed by atoms with Crippen LogP contribution in [0.3, 0.4) is 0 Å². The van der Waals surface area contributed by atoms with Crippen molar-refractivity contribution in [3.05, 3.63) is 88.4 Å². The Balaban J connectivity index is 1.84. The summed E-state index contributed by atoms with van der Waals surface area (Å²) in [6.45, 7) is 3.36. The van der Waals surface area contributed by atoms with Crippen molar-refractivity contribution in [3.8, 4) is 17.2 Å². The van der Waals surface area contributed by atoms with E-state index >= 15 is 0 Å². The molecule has 200 valence electrons. The zero-order valence-electron chi connectivity index (χ0n) is 20.6. The molecule has 0 aliphatic carbocycles. The predicted molar refractivity (Wildman–Crippen MR) is 151 cm³/mol. The predicted octanol–water partition coefficient (Wildman–Crippen LogP) is 5.03. The number of anilines is 1. The van der Waals surface area contributed by atoms with Crippen molar-refractivity contribution < 1.29 is 27.4 Å². The smallest absolute Gasteiger partial charge is 0.264 e. The highest BCUT2D eigenvalue weighted by atomic mass is 79.9. The number of halogens is 2. The van der Waals surface area contributed by atoms with Gasteiger partial charge >= 0.3 is 0 Å². The number of hydrogen-bond acceptors (Lipinski definition) is 7. The molecule has 0 unspecified atom stereocenters. The minimum absolute atomic E-state index is 0.0129. The summed E-state index contributed by atoms with van der Waals surface area (Å²) in [6.07, 6.45) is 3.00. The van der Waals surface area contributed by atoms with Crippen molar-refractivity contribution in [2.75, 3.05) is 31.7 Å². The number of carbonyl (C=O) groups excluding carboxylic acids is 1. The minimum Gasteiger partial charge on any atom is -0.495 e. The van der Waals surface area contributed by atoms with E-state index in [9.17, 15) is 13.2 Å². The van der Waals surface area contributed by atoms with Gasteiger partial charge in [-0.1, -0.05) is 42.5 Å². The Bertz CT molecular complexity index is 1430. The molecule has 0 saturated heterocycles. The maximum atomic E-state index is 13.4. The first-order valence-electron chi connectivity index (χ1n) is 11.1. The number of hydrazone groups is 1. The van der Waals surface area contributed by atoms with Gasteiger partial charge in [0.15, 0.2) is 11.5 Å². The van der Waals surface area contributed by atoms with E-state index < -0.39 is 22.5 Å². The number of ether oxygens (including phenoxy) is 3. The molecule has 0 heterocycles. The zero-order valence-corrected chi connectivity index (χ0v) is 23.7. The van der Waals surface area contributed by atoms with Crippen LogP contribution in [-0.4, -0.2) is 47.9 Å². The van der Waals surface area contributed by atoms with E-state index in [1.165, 1.54) is 50.8 Å². The summed E-state index contributed by atoms with van der Waals surface area (Å²) < 4.78 is 44.6. The van der Waals surface area contributed by atoms with Gasteiger partial charge < -0.3 is 14.2 Å². The maximum Gasteiger partial charge on any atom is 0.264 e. The van der Waals surface area contributed by atoms with Crippen LogP contribution >= 0.6 is 27.5 Å². The molecule has 38 heavy (non-hydrogen) atoms. The maximum absolute atomic E-state index is 13.4. The summed E-state index contributed by atoms with van der Waals surface area (Å²) in [4.78, 5) is 12.8. The van der Waals surface area contributed by atoms with Gasteiger partial charge in [-0.25, -0.2) is 13.8 Å². The second-order valence-electron chi connectivity index (χ2n) is 7.57. The van der Waals surface area contributed by atoms with Gasteiger partial charge in [-0.15, -0.1) is 0 Å². The quantitative estimate of drug-likeness (QED) is 0.173. The van der Waals surface area contributed by atoms with Gasteiger partial charge in [0.1, 0.15) is 18.9 Å². The van der Waals surface area contributed by atoms with E-state index in [-0.39, 0.29) is 15.6 Å². The summed E-state index contributed by atoms with van der Waals surface area (Å²) in [5, 5.41) is 4.16. The van der Waals surface area contributed by atoms with Gasteiger partial charge in [-0.05, 0) is 64.0 Å². The van der Waals surface area contributed by atoms with Crippen LogP contribution in [0.2, 0.25) is 5.02 Å². The number of hydrogen-bond donors (Lipinski definition) is 1. The second kappa shape index (κ2) is 13.3. The van der Waals surface area contributed by atoms with Gasteiger partial charge in [-0.2, -0.15) is 5.10 Å². The molecule has 0 spiro atoms. The highest BCUT2D eigenvalue weighted by Crippen LogP contribution is 2.36. The number of benzene rings is 3. The van der Waals surface area contributed by atoms with E-state index in [4.69, 9.17) is 25.8 Å². The molecule has 1 N–H and O–H groups in total. The summed E-state index contributed by atoms with van der Waals surface area (Å²) in [6, 6.07) is 15.6. The summed E-state index contributed by atoms with van der Waals surface area (Å²) in [5.74, 6) is 0.632. The number of carbonyl (C=O) groups is 1. The van der Waals surface area contributed by atoms with Gasteiger partial charge in [0.2, 0.25) is 0 Å². The van der Waals surface area contributed by atoms with E-state index in [1.54, 1.807) is 36.4 Å². The molecule has 0 bridgehead atoms. The lowest BCUT2D eigenvalue weighted by Crippen LogP contribution is -2.39. The largest absolute Gasteiger partial charge is 0.495 e. The van der Waals surface area contributed by atoms with Crippen LogP contribution < -0.4 is 23.9 Å². The van der Waals surface area contributed by atoms with Crippen LogP contribution in [0.4, 0.5) is 5.69 Å². The van der Waals surface area contributed by atoms with Gasteiger partial charge in [0.05, 0.1) is 40.5 Å². The Kier molecular flexibility index (Phi) is 10.2. The molecule has 1 amide bonds. The van der Waals surface area contributed by atoms with Gasteiger partial charge in [0, 0.05) is 0 Å². The molecule has 3 aromatic rings. The lowest BCUT2D eigenvalue weighted by Gasteiger charge is -2.24. The third-order valence-electron chi connectivity index (χ3n) is 5.04. The van der Waals surface area contributed by atoms with E-state index in [2.05, 4.69) is 33.0 Å². The average molecular weight is 623 g/mol. The van der Waals surface area contributed by atoms with Gasteiger partial charge in [-0.3, -0.25) is 9.10 Å². The zero-order chi connectivity index (χ0) is 27.7. The highest BCUT2D eigenvalue weighted by molar-refractivity contribution is 9.10. The monoisotopic (exact) mass is 621 g/mol. The number of nitrogens with zero attached hydrogens (tertiary/aromatic N) is 2. The SMILES string of the molecule is C=CCOc1c(Br)cc(/C=N/NC(=O)CN(c2ccc(OC)c(Cl)c2)S(=O)(=O)c2ccccc2)cc1OC.